The molecule has 0 aliphatic heterocycles. The van der Waals surface area contributed by atoms with Gasteiger partial charge in [-0.05, 0) is 6.92 Å². The topological polar surface area (TPSA) is 33.6 Å². The molecule has 0 heterocycles. The van der Waals surface area contributed by atoms with Crippen molar-refractivity contribution in [3.63, 3.8) is 0 Å². The third kappa shape index (κ3) is 7.01. The van der Waals surface area contributed by atoms with Crippen molar-refractivity contribution in [2.75, 3.05) is 13.8 Å². The highest BCUT2D eigenvalue weighted by Crippen LogP contribution is 1.75. The molecule has 0 amide bonds. The highest BCUT2D eigenvalue weighted by atomic mass is 16.5. The Morgan fingerprint density at radius 2 is 2.56 bits per heavy atom. The Hall–Kier alpha value is -0.990. The van der Waals surface area contributed by atoms with Gasteiger partial charge in [-0.2, -0.15) is 0 Å². The van der Waals surface area contributed by atoms with Crippen LogP contribution in [0.4, 0.5) is 0 Å². The van der Waals surface area contributed by atoms with Crippen LogP contribution in [0.5, 0.6) is 0 Å². The number of hydrogen-bond acceptors (Lipinski definition) is 3. The van der Waals surface area contributed by atoms with Gasteiger partial charge >= 0.3 is 0 Å². The smallest absolute Gasteiger partial charge is 0.171 e. The second-order valence-electron chi connectivity index (χ2n) is 1.63. The predicted molar refractivity (Wildman–Crippen MR) is 38.3 cm³/mol. The Morgan fingerprint density at radius 1 is 1.89 bits per heavy atom. The van der Waals surface area contributed by atoms with E-state index in [4.69, 9.17) is 4.74 Å². The molecule has 0 saturated carbocycles. The van der Waals surface area contributed by atoms with Crippen molar-refractivity contribution < 1.29 is 4.74 Å². The number of nitrogens with zero attached hydrogens (tertiary/aromatic N) is 1. The van der Waals surface area contributed by atoms with E-state index in [1.54, 1.807) is 7.05 Å². The molecule has 3 nitrogen and oxygen atoms in total. The molecule has 0 rings (SSSR count). The molecule has 1 N–H and O–H groups in total. The average molecular weight is 128 g/mol. The van der Waals surface area contributed by atoms with Crippen LogP contribution >= 0.6 is 0 Å². The molecule has 0 aliphatic carbocycles. The second kappa shape index (κ2) is 5.15. The van der Waals surface area contributed by atoms with Gasteiger partial charge in [0.1, 0.15) is 0 Å². The molecule has 0 spiro atoms. The molecule has 3 heteroatoms. The maximum atomic E-state index is 4.83. The number of allylic oxidation sites excluding steroid dienone is 1. The number of nitrogens with one attached hydrogen (secondary N) is 1. The molecule has 0 aromatic rings. The summed E-state index contributed by atoms with van der Waals surface area (Å²) < 4.78 is 4.83. The van der Waals surface area contributed by atoms with Crippen LogP contribution in [-0.2, 0) is 4.74 Å². The van der Waals surface area contributed by atoms with Gasteiger partial charge in [-0.1, -0.05) is 6.58 Å². The predicted octanol–water partition coefficient (Wildman–Crippen LogP) is 0.742. The van der Waals surface area contributed by atoms with Gasteiger partial charge in [0.25, 0.3) is 0 Å². The summed E-state index contributed by atoms with van der Waals surface area (Å²) in [6, 6.07) is 0. The number of rotatable bonds is 4. The standard InChI is InChI=1S/C6H12N2O/c1-6(2)8-5-9-4-7-3/h4,8H,1,5H2,2-3H3. The zero-order valence-electron chi connectivity index (χ0n) is 5.85. The fourth-order valence-corrected chi connectivity index (χ4v) is 0.277. The number of aliphatic imine (C=N–C) groups is 1. The van der Waals surface area contributed by atoms with Gasteiger partial charge < -0.3 is 10.1 Å². The summed E-state index contributed by atoms with van der Waals surface area (Å²) in [5, 5.41) is 2.87. The molecule has 0 unspecified atom stereocenters. The third-order valence-electron chi connectivity index (χ3n) is 0.637. The fourth-order valence-electron chi connectivity index (χ4n) is 0.277. The van der Waals surface area contributed by atoms with Crippen molar-refractivity contribution in [3.8, 4) is 0 Å². The summed E-state index contributed by atoms with van der Waals surface area (Å²) in [5.74, 6) is 0. The number of ether oxygens (including phenoxy) is 1. The van der Waals surface area contributed by atoms with E-state index in [1.807, 2.05) is 6.92 Å². The van der Waals surface area contributed by atoms with Crippen LogP contribution in [0.1, 0.15) is 6.92 Å². The fraction of sp³-hybridized carbons (Fsp3) is 0.500. The number of hydrogen-bond donors (Lipinski definition) is 1. The summed E-state index contributed by atoms with van der Waals surface area (Å²) in [5.41, 5.74) is 0.888. The van der Waals surface area contributed by atoms with Crippen LogP contribution < -0.4 is 5.32 Å². The first-order valence-corrected chi connectivity index (χ1v) is 2.69. The molecule has 0 saturated heterocycles. The largest absolute Gasteiger partial charge is 0.463 e. The van der Waals surface area contributed by atoms with E-state index in [2.05, 4.69) is 16.9 Å². The first kappa shape index (κ1) is 8.01. The van der Waals surface area contributed by atoms with E-state index in [-0.39, 0.29) is 0 Å². The molecule has 0 aliphatic rings. The molecule has 0 radical (unpaired) electrons. The SMILES string of the molecule is C=C(C)NCOC=NC. The van der Waals surface area contributed by atoms with Crippen LogP contribution in [0.2, 0.25) is 0 Å². The van der Waals surface area contributed by atoms with Crippen molar-refractivity contribution in [2.45, 2.75) is 6.92 Å². The van der Waals surface area contributed by atoms with Gasteiger partial charge in [-0.15, -0.1) is 0 Å². The van der Waals surface area contributed by atoms with Crippen LogP contribution in [-0.4, -0.2) is 20.2 Å². The Labute approximate surface area is 55.4 Å². The van der Waals surface area contributed by atoms with Gasteiger partial charge in [0.15, 0.2) is 13.1 Å². The Kier molecular flexibility index (Phi) is 4.59. The highest BCUT2D eigenvalue weighted by molar-refractivity contribution is 5.45. The Bertz CT molecular complexity index is 110. The summed E-state index contributed by atoms with van der Waals surface area (Å²) in [7, 11) is 1.65. The molecule has 0 aromatic carbocycles. The molecule has 52 valence electrons. The van der Waals surface area contributed by atoms with E-state index in [0.717, 1.165) is 5.70 Å². The van der Waals surface area contributed by atoms with Crippen LogP contribution in [0.3, 0.4) is 0 Å². The van der Waals surface area contributed by atoms with Crippen LogP contribution in [0, 0.1) is 0 Å². The summed E-state index contributed by atoms with van der Waals surface area (Å²) >= 11 is 0. The Morgan fingerprint density at radius 3 is 3.00 bits per heavy atom. The maximum Gasteiger partial charge on any atom is 0.171 e. The van der Waals surface area contributed by atoms with Gasteiger partial charge in [0.2, 0.25) is 0 Å². The quantitative estimate of drug-likeness (QED) is 0.262. The van der Waals surface area contributed by atoms with Crippen molar-refractivity contribution in [1.29, 1.82) is 0 Å². The van der Waals surface area contributed by atoms with E-state index >= 15 is 0 Å². The third-order valence-corrected chi connectivity index (χ3v) is 0.637. The van der Waals surface area contributed by atoms with Crippen LogP contribution in [0.15, 0.2) is 17.3 Å². The minimum absolute atomic E-state index is 0.437. The van der Waals surface area contributed by atoms with Gasteiger partial charge in [-0.3, -0.25) is 4.99 Å². The minimum Gasteiger partial charge on any atom is -0.463 e. The molecule has 0 aromatic heterocycles. The monoisotopic (exact) mass is 128 g/mol. The maximum absolute atomic E-state index is 4.83. The lowest BCUT2D eigenvalue weighted by Gasteiger charge is -2.01. The van der Waals surface area contributed by atoms with E-state index < -0.39 is 0 Å². The molecular weight excluding hydrogens is 116 g/mol. The molecular formula is C6H12N2O. The first-order chi connectivity index (χ1) is 4.27. The van der Waals surface area contributed by atoms with Crippen molar-refractivity contribution >= 4 is 6.40 Å². The lowest BCUT2D eigenvalue weighted by Crippen LogP contribution is -2.13. The van der Waals surface area contributed by atoms with Crippen molar-refractivity contribution in [3.05, 3.63) is 12.3 Å². The summed E-state index contributed by atoms with van der Waals surface area (Å²) in [4.78, 5) is 3.62. The van der Waals surface area contributed by atoms with Gasteiger partial charge in [0, 0.05) is 12.7 Å². The van der Waals surface area contributed by atoms with E-state index in [9.17, 15) is 0 Å². The zero-order valence-corrected chi connectivity index (χ0v) is 5.85. The van der Waals surface area contributed by atoms with E-state index in [0.29, 0.717) is 6.73 Å². The second-order valence-corrected chi connectivity index (χ2v) is 1.63. The molecule has 0 bridgehead atoms. The molecule has 0 fully saturated rings. The molecule has 0 atom stereocenters. The van der Waals surface area contributed by atoms with Gasteiger partial charge in [-0.25, -0.2) is 0 Å². The Balaban J connectivity index is 3.01. The molecule has 9 heavy (non-hydrogen) atoms. The lowest BCUT2D eigenvalue weighted by molar-refractivity contribution is 0.299. The highest BCUT2D eigenvalue weighted by Gasteiger charge is 1.78. The van der Waals surface area contributed by atoms with E-state index in [1.165, 1.54) is 6.40 Å². The summed E-state index contributed by atoms with van der Waals surface area (Å²) in [6.07, 6.45) is 1.38. The zero-order chi connectivity index (χ0) is 7.11. The average Bonchev–Trinajstić information content (AvgIpc) is 1.80. The summed E-state index contributed by atoms with van der Waals surface area (Å²) in [6.45, 7) is 5.92. The minimum atomic E-state index is 0.437. The first-order valence-electron chi connectivity index (χ1n) is 2.69. The van der Waals surface area contributed by atoms with Crippen molar-refractivity contribution in [1.82, 2.24) is 5.32 Å². The van der Waals surface area contributed by atoms with Crippen LogP contribution in [0.25, 0.3) is 0 Å². The normalized spacial score (nSPS) is 9.56. The van der Waals surface area contributed by atoms with Gasteiger partial charge in [0.05, 0.1) is 0 Å². The lowest BCUT2D eigenvalue weighted by atomic mass is 10.6. The van der Waals surface area contributed by atoms with Crippen molar-refractivity contribution in [2.24, 2.45) is 4.99 Å².